The fraction of sp³-hybridized carbons (Fsp3) is 0.636. The van der Waals surface area contributed by atoms with Gasteiger partial charge in [0.05, 0.1) is 6.20 Å². The van der Waals surface area contributed by atoms with Crippen molar-refractivity contribution in [3.05, 3.63) is 12.4 Å². The summed E-state index contributed by atoms with van der Waals surface area (Å²) in [7, 11) is -3.21. The fourth-order valence-corrected chi connectivity index (χ4v) is 2.16. The van der Waals surface area contributed by atoms with Crippen molar-refractivity contribution in [2.45, 2.75) is 38.1 Å². The molecule has 3 N–H and O–H groups in total. The summed E-state index contributed by atoms with van der Waals surface area (Å²) in [6.45, 7) is 4.35. The topological polar surface area (TPSA) is 111 Å². The van der Waals surface area contributed by atoms with Gasteiger partial charge in [-0.3, -0.25) is 4.68 Å². The highest BCUT2D eigenvalue weighted by atomic mass is 32.2. The monoisotopic (exact) mass is 288 g/mol. The summed E-state index contributed by atoms with van der Waals surface area (Å²) in [6, 6.07) is 0. The zero-order chi connectivity index (χ0) is 14.7. The van der Waals surface area contributed by atoms with Gasteiger partial charge in [0.2, 0.25) is 0 Å². The molecule has 7 nitrogen and oxygen atoms in total. The van der Waals surface area contributed by atoms with Crippen LogP contribution in [0.25, 0.3) is 0 Å². The molecule has 0 saturated heterocycles. The van der Waals surface area contributed by atoms with E-state index >= 15 is 0 Å². The van der Waals surface area contributed by atoms with Crippen LogP contribution in [0.4, 0.5) is 0 Å². The van der Waals surface area contributed by atoms with Crippen LogP contribution in [0.2, 0.25) is 0 Å². The van der Waals surface area contributed by atoms with Crippen LogP contribution in [0, 0.1) is 5.41 Å². The molecule has 0 aromatic carbocycles. The molecule has 1 aromatic rings. The average Bonchev–Trinajstić information content (AvgIpc) is 2.76. The molecule has 1 heterocycles. The Bertz CT molecular complexity index is 560. The molecule has 1 rings (SSSR count). The highest BCUT2D eigenvalue weighted by Crippen LogP contribution is 2.22. The Kier molecular flexibility index (Phi) is 4.56. The Labute approximate surface area is 113 Å². The molecule has 0 spiro atoms. The first kappa shape index (κ1) is 15.5. The lowest BCUT2D eigenvalue weighted by atomic mass is 9.86. The van der Waals surface area contributed by atoms with Crippen LogP contribution >= 0.6 is 0 Å². The van der Waals surface area contributed by atoms with Gasteiger partial charge < -0.3 is 10.9 Å². The number of aryl methyl sites for hydroxylation is 1. The Balaban J connectivity index is 2.57. The lowest BCUT2D eigenvalue weighted by Crippen LogP contribution is -2.32. The third-order valence-corrected chi connectivity index (χ3v) is 4.09. The number of hydrogen-bond donors (Lipinski definition) is 2. The third-order valence-electron chi connectivity index (χ3n) is 3.03. The molecule has 1 aromatic heterocycles. The van der Waals surface area contributed by atoms with Crippen molar-refractivity contribution in [1.82, 2.24) is 9.78 Å². The summed E-state index contributed by atoms with van der Waals surface area (Å²) in [5, 5.41) is 15.7. The van der Waals surface area contributed by atoms with Crippen molar-refractivity contribution in [3.8, 4) is 0 Å². The van der Waals surface area contributed by atoms with Crippen LogP contribution in [0.1, 0.15) is 26.7 Å². The minimum Gasteiger partial charge on any atom is -0.409 e. The highest BCUT2D eigenvalue weighted by molar-refractivity contribution is 7.90. The van der Waals surface area contributed by atoms with E-state index in [1.165, 1.54) is 12.4 Å². The quantitative estimate of drug-likeness (QED) is 0.349. The Hall–Kier alpha value is -1.57. The minimum atomic E-state index is -3.21. The predicted octanol–water partition coefficient (Wildman–Crippen LogP) is 0.839. The van der Waals surface area contributed by atoms with Crippen LogP contribution in [0.3, 0.4) is 0 Å². The SMILES string of the molecule is CC(C)(CCCn1cc(S(C)(=O)=O)cn1)/C(N)=N/O. The maximum atomic E-state index is 11.3. The summed E-state index contributed by atoms with van der Waals surface area (Å²) in [5.41, 5.74) is 5.19. The van der Waals surface area contributed by atoms with Crippen molar-refractivity contribution in [2.75, 3.05) is 6.26 Å². The fourth-order valence-electron chi connectivity index (χ4n) is 1.60. The molecule has 0 saturated carbocycles. The van der Waals surface area contributed by atoms with Crippen LogP contribution in [-0.2, 0) is 16.4 Å². The lowest BCUT2D eigenvalue weighted by molar-refractivity contribution is 0.303. The molecule has 8 heteroatoms. The first-order valence-electron chi connectivity index (χ1n) is 5.87. The summed E-state index contributed by atoms with van der Waals surface area (Å²) < 4.78 is 24.2. The molecule has 19 heavy (non-hydrogen) atoms. The average molecular weight is 288 g/mol. The van der Waals surface area contributed by atoms with E-state index in [0.717, 1.165) is 12.7 Å². The number of amidine groups is 1. The molecule has 0 amide bonds. The van der Waals surface area contributed by atoms with Gasteiger partial charge in [0, 0.05) is 24.4 Å². The molecular weight excluding hydrogens is 268 g/mol. The van der Waals surface area contributed by atoms with Gasteiger partial charge in [-0.25, -0.2) is 8.42 Å². The second kappa shape index (κ2) is 5.60. The predicted molar refractivity (Wildman–Crippen MR) is 71.8 cm³/mol. The van der Waals surface area contributed by atoms with Gasteiger partial charge in [0.15, 0.2) is 9.84 Å². The van der Waals surface area contributed by atoms with Crippen molar-refractivity contribution in [3.63, 3.8) is 0 Å². The summed E-state index contributed by atoms with van der Waals surface area (Å²) in [6.07, 6.45) is 5.44. The van der Waals surface area contributed by atoms with E-state index in [2.05, 4.69) is 10.3 Å². The van der Waals surface area contributed by atoms with Crippen LogP contribution in [0.15, 0.2) is 22.4 Å². The Morgan fingerprint density at radius 2 is 2.21 bits per heavy atom. The summed E-state index contributed by atoms with van der Waals surface area (Å²) in [5.74, 6) is 0.185. The van der Waals surface area contributed by atoms with Gasteiger partial charge in [-0.15, -0.1) is 0 Å². The van der Waals surface area contributed by atoms with Crippen molar-refractivity contribution < 1.29 is 13.6 Å². The van der Waals surface area contributed by atoms with E-state index in [-0.39, 0.29) is 10.7 Å². The maximum Gasteiger partial charge on any atom is 0.178 e. The number of aromatic nitrogens is 2. The Morgan fingerprint density at radius 1 is 1.58 bits per heavy atom. The van der Waals surface area contributed by atoms with Gasteiger partial charge in [-0.1, -0.05) is 19.0 Å². The molecule has 0 aliphatic heterocycles. The smallest absolute Gasteiger partial charge is 0.178 e. The second-order valence-corrected chi connectivity index (χ2v) is 7.20. The van der Waals surface area contributed by atoms with Gasteiger partial charge >= 0.3 is 0 Å². The molecule has 0 bridgehead atoms. The molecule has 0 atom stereocenters. The number of nitrogens with two attached hydrogens (primary N) is 1. The van der Waals surface area contributed by atoms with E-state index in [1.807, 2.05) is 13.8 Å². The molecular formula is C11H20N4O3S. The second-order valence-electron chi connectivity index (χ2n) is 5.18. The number of nitrogens with zero attached hydrogens (tertiary/aromatic N) is 3. The van der Waals surface area contributed by atoms with Crippen LogP contribution in [0.5, 0.6) is 0 Å². The van der Waals surface area contributed by atoms with Gasteiger partial charge in [0.25, 0.3) is 0 Å². The van der Waals surface area contributed by atoms with E-state index in [4.69, 9.17) is 10.9 Å². The maximum absolute atomic E-state index is 11.3. The first-order chi connectivity index (χ1) is 8.66. The number of oxime groups is 1. The molecule has 0 aliphatic rings. The third kappa shape index (κ3) is 4.23. The van der Waals surface area contributed by atoms with E-state index in [9.17, 15) is 8.42 Å². The molecule has 108 valence electrons. The van der Waals surface area contributed by atoms with Gasteiger partial charge in [-0.05, 0) is 12.8 Å². The van der Waals surface area contributed by atoms with Crippen molar-refractivity contribution in [2.24, 2.45) is 16.3 Å². The lowest BCUT2D eigenvalue weighted by Gasteiger charge is -2.22. The number of hydrogen-bond acceptors (Lipinski definition) is 5. The van der Waals surface area contributed by atoms with Crippen LogP contribution < -0.4 is 5.73 Å². The minimum absolute atomic E-state index is 0.185. The molecule has 0 fully saturated rings. The standard InChI is InChI=1S/C11H20N4O3S/c1-11(2,10(12)14-16)5-4-6-15-8-9(7-13-15)19(3,17)18/h7-8,16H,4-6H2,1-3H3,(H2,12,14). The number of rotatable bonds is 6. The first-order valence-corrected chi connectivity index (χ1v) is 7.76. The molecule has 0 radical (unpaired) electrons. The Morgan fingerprint density at radius 3 is 2.68 bits per heavy atom. The zero-order valence-corrected chi connectivity index (χ0v) is 12.2. The summed E-state index contributed by atoms with van der Waals surface area (Å²) >= 11 is 0. The summed E-state index contributed by atoms with van der Waals surface area (Å²) in [4.78, 5) is 0.211. The molecule has 0 unspecified atom stereocenters. The van der Waals surface area contributed by atoms with Gasteiger partial charge in [-0.2, -0.15) is 5.10 Å². The van der Waals surface area contributed by atoms with E-state index < -0.39 is 15.3 Å². The number of sulfone groups is 1. The van der Waals surface area contributed by atoms with E-state index in [1.54, 1.807) is 4.68 Å². The molecule has 0 aliphatic carbocycles. The van der Waals surface area contributed by atoms with Crippen molar-refractivity contribution >= 4 is 15.7 Å². The van der Waals surface area contributed by atoms with Crippen LogP contribution in [-0.4, -0.2) is 35.5 Å². The largest absolute Gasteiger partial charge is 0.409 e. The zero-order valence-electron chi connectivity index (χ0n) is 11.4. The normalized spacial score (nSPS) is 13.7. The van der Waals surface area contributed by atoms with Gasteiger partial charge in [0.1, 0.15) is 10.7 Å². The van der Waals surface area contributed by atoms with Crippen molar-refractivity contribution in [1.29, 1.82) is 0 Å². The highest BCUT2D eigenvalue weighted by Gasteiger charge is 2.23. The van der Waals surface area contributed by atoms with E-state index in [0.29, 0.717) is 13.0 Å².